The van der Waals surface area contributed by atoms with Crippen LogP contribution in [0.3, 0.4) is 0 Å². The lowest BCUT2D eigenvalue weighted by atomic mass is 9.56. The Morgan fingerprint density at radius 2 is 1.50 bits per heavy atom. The van der Waals surface area contributed by atoms with Gasteiger partial charge in [-0.2, -0.15) is 0 Å². The molecule has 2 aromatic carbocycles. The number of nitrogens with zero attached hydrogens (tertiary/aromatic N) is 2. The van der Waals surface area contributed by atoms with E-state index in [9.17, 15) is 37.5 Å². The van der Waals surface area contributed by atoms with Crippen LogP contribution in [0.4, 0.5) is 27.6 Å². The lowest BCUT2D eigenvalue weighted by Crippen LogP contribution is -2.60. The van der Waals surface area contributed by atoms with Crippen LogP contribution in [0.15, 0.2) is 41.3 Å². The second-order valence-electron chi connectivity index (χ2n) is 12.3. The van der Waals surface area contributed by atoms with E-state index >= 15 is 8.78 Å². The van der Waals surface area contributed by atoms with Crippen molar-refractivity contribution in [2.75, 3.05) is 19.1 Å². The second-order valence-corrected chi connectivity index (χ2v) is 14.6. The number of allylic oxidation sites excluding steroid dienone is 2. The maximum Gasteiger partial charge on any atom is 0.258 e. The van der Waals surface area contributed by atoms with Crippen LogP contribution in [-0.2, 0) is 25.7 Å². The van der Waals surface area contributed by atoms with Gasteiger partial charge in [-0.25, -0.2) is 26.9 Å². The summed E-state index contributed by atoms with van der Waals surface area (Å²) >= 11 is 15.7. The van der Waals surface area contributed by atoms with Crippen LogP contribution in [-0.4, -0.2) is 57.6 Å². The van der Waals surface area contributed by atoms with E-state index in [0.717, 1.165) is 17.0 Å². The number of anilines is 1. The number of carbonyl (C=O) groups excluding carboxylic acids is 4. The van der Waals surface area contributed by atoms with E-state index in [-0.39, 0.29) is 46.3 Å². The fourth-order valence-corrected chi connectivity index (χ4v) is 9.48. The molecule has 2 aliphatic heterocycles. The van der Waals surface area contributed by atoms with Crippen molar-refractivity contribution in [2.24, 2.45) is 17.8 Å². The minimum Gasteiger partial charge on any atom is -0.508 e. The Labute approximate surface area is 293 Å². The van der Waals surface area contributed by atoms with Gasteiger partial charge >= 0.3 is 0 Å². The van der Waals surface area contributed by atoms with Gasteiger partial charge in [-0.05, 0) is 30.2 Å². The largest absolute Gasteiger partial charge is 0.508 e. The molecule has 0 unspecified atom stereocenters. The number of amides is 4. The summed E-state index contributed by atoms with van der Waals surface area (Å²) in [6.07, 6.45) is 0.862. The molecule has 262 valence electrons. The fourth-order valence-electron chi connectivity index (χ4n) is 7.87. The van der Waals surface area contributed by atoms with Crippen molar-refractivity contribution >= 4 is 63.9 Å². The molecule has 1 saturated carbocycles. The van der Waals surface area contributed by atoms with Crippen molar-refractivity contribution in [3.05, 3.63) is 80.8 Å². The molecular weight excluding hydrogens is 734 g/mol. The third-order valence-corrected chi connectivity index (χ3v) is 12.3. The number of methoxy groups -OCH3 is 2. The molecule has 7 rings (SSSR count). The van der Waals surface area contributed by atoms with Crippen LogP contribution in [0.1, 0.15) is 29.2 Å². The number of imide groups is 2. The molecule has 17 heteroatoms. The summed E-state index contributed by atoms with van der Waals surface area (Å²) in [4.78, 5) is 52.7. The normalized spacial score (nSPS) is 28.9. The number of alkyl halides is 2. The second kappa shape index (κ2) is 11.7. The van der Waals surface area contributed by atoms with Crippen LogP contribution in [0.2, 0.25) is 0 Å². The number of hydrogen-bond acceptors (Lipinski definition) is 8. The molecule has 0 spiro atoms. The molecule has 0 bridgehead atoms. The van der Waals surface area contributed by atoms with E-state index in [1.807, 2.05) is 0 Å². The third kappa shape index (κ3) is 4.35. The molecule has 3 heterocycles. The molecule has 2 aliphatic carbocycles. The summed E-state index contributed by atoms with van der Waals surface area (Å²) in [5.74, 6) is -22.3. The highest BCUT2D eigenvalue weighted by Gasteiger charge is 2.77. The highest BCUT2D eigenvalue weighted by atomic mass is 35.5. The van der Waals surface area contributed by atoms with Crippen molar-refractivity contribution < 1.29 is 55.7 Å². The first kappa shape index (κ1) is 34.2. The Balaban J connectivity index is 1.47. The zero-order chi connectivity index (χ0) is 36.2. The number of benzene rings is 2. The number of aromatic hydroxyl groups is 1. The van der Waals surface area contributed by atoms with Crippen LogP contribution in [0.5, 0.6) is 17.2 Å². The van der Waals surface area contributed by atoms with Gasteiger partial charge in [0.25, 0.3) is 11.8 Å². The minimum absolute atomic E-state index is 0.0347. The van der Waals surface area contributed by atoms with E-state index in [1.165, 1.54) is 25.6 Å². The van der Waals surface area contributed by atoms with Gasteiger partial charge in [0, 0.05) is 28.5 Å². The summed E-state index contributed by atoms with van der Waals surface area (Å²) in [7, 11) is 2.39. The van der Waals surface area contributed by atoms with Gasteiger partial charge in [0.05, 0.1) is 32.6 Å². The Morgan fingerprint density at radius 1 is 0.900 bits per heavy atom. The highest BCUT2D eigenvalue weighted by Crippen LogP contribution is 2.67. The number of phenols is 1. The monoisotopic (exact) mass is 756 g/mol. The summed E-state index contributed by atoms with van der Waals surface area (Å²) < 4.78 is 84.6. The van der Waals surface area contributed by atoms with E-state index in [0.29, 0.717) is 4.88 Å². The minimum atomic E-state index is -2.79. The first-order valence-electron chi connectivity index (χ1n) is 14.9. The quantitative estimate of drug-likeness (QED) is 0.0829. The number of hydrogen-bond donors (Lipinski definition) is 1. The first-order chi connectivity index (χ1) is 23.6. The van der Waals surface area contributed by atoms with Crippen molar-refractivity contribution in [3.63, 3.8) is 0 Å². The predicted octanol–water partition coefficient (Wildman–Crippen LogP) is 5.93. The van der Waals surface area contributed by atoms with Crippen molar-refractivity contribution in [2.45, 2.75) is 35.1 Å². The number of halogens is 7. The van der Waals surface area contributed by atoms with Gasteiger partial charge < -0.3 is 14.6 Å². The maximum atomic E-state index is 15.3. The number of ether oxygens (including phenoxy) is 2. The number of fused-ring (bicyclic) bond motifs is 4. The molecule has 4 aliphatic rings. The Hall–Kier alpha value is -4.21. The number of phenolic OH excluding ortho intramolecular Hbond substituents is 1. The van der Waals surface area contributed by atoms with Gasteiger partial charge in [0.15, 0.2) is 33.0 Å². The molecule has 2 saturated heterocycles. The van der Waals surface area contributed by atoms with Gasteiger partial charge in [0.1, 0.15) is 22.9 Å². The van der Waals surface area contributed by atoms with Crippen LogP contribution in [0.25, 0.3) is 0 Å². The lowest BCUT2D eigenvalue weighted by Gasteiger charge is -2.51. The first-order valence-corrected chi connectivity index (χ1v) is 16.6. The van der Waals surface area contributed by atoms with Crippen LogP contribution >= 0.6 is 34.5 Å². The molecule has 1 N–H and O–H groups in total. The third-order valence-electron chi connectivity index (χ3n) is 10.0. The number of likely N-dealkylation sites (tertiary alicyclic amines) is 1. The zero-order valence-corrected chi connectivity index (χ0v) is 28.1. The predicted molar refractivity (Wildman–Crippen MR) is 168 cm³/mol. The fraction of sp³-hybridized carbons (Fsp3) is 0.333. The molecule has 3 aromatic rings. The Bertz CT molecular complexity index is 2010. The molecule has 3 fully saturated rings. The van der Waals surface area contributed by atoms with Gasteiger partial charge in [-0.15, -0.1) is 34.5 Å². The van der Waals surface area contributed by atoms with Crippen LogP contribution in [0, 0.1) is 46.8 Å². The maximum absolute atomic E-state index is 15.3. The van der Waals surface area contributed by atoms with Gasteiger partial charge in [-0.1, -0.05) is 17.7 Å². The molecule has 50 heavy (non-hydrogen) atoms. The van der Waals surface area contributed by atoms with Gasteiger partial charge in [0.2, 0.25) is 17.6 Å². The lowest BCUT2D eigenvalue weighted by molar-refractivity contribution is -0.141. The summed E-state index contributed by atoms with van der Waals surface area (Å²) in [5, 5.41) is 12.2. The molecule has 9 nitrogen and oxygen atoms in total. The average molecular weight is 758 g/mol. The molecular formula is C33H23Cl2F5N2O7S. The number of thiophene rings is 1. The Morgan fingerprint density at radius 3 is 2.06 bits per heavy atom. The number of rotatable bonds is 6. The van der Waals surface area contributed by atoms with Crippen molar-refractivity contribution in [1.29, 1.82) is 0 Å². The summed E-state index contributed by atoms with van der Waals surface area (Å²) in [5.41, 5.74) is -1.77. The zero-order valence-electron chi connectivity index (χ0n) is 25.7. The molecule has 0 radical (unpaired) electrons. The molecule has 6 atom stereocenters. The van der Waals surface area contributed by atoms with E-state index in [1.54, 1.807) is 23.6 Å². The number of carbonyl (C=O) groups is 4. The van der Waals surface area contributed by atoms with E-state index in [2.05, 4.69) is 0 Å². The smallest absolute Gasteiger partial charge is 0.258 e. The topological polar surface area (TPSA) is 113 Å². The van der Waals surface area contributed by atoms with E-state index < -0.39 is 98.2 Å². The van der Waals surface area contributed by atoms with Gasteiger partial charge in [-0.3, -0.25) is 24.1 Å². The standard InChI is InChI=1S/C33H23Cl2F5N2O7S/c1-48-17-8-12(43)9-18(49-2)20(17)21-14-5-6-15-19(29(45)41(28(15)44)11-13-4-3-7-50-13)16(14)10-32(34)30(46)42(31(47)33(21,32)35)27-25(39)23(37)22(36)24(38)26(27)40/h3-5,7-9,15-16,19,21,43H,6,10-11H2,1-2H3/t15-,16+,19-,21+,32+,33-/m0/s1. The summed E-state index contributed by atoms with van der Waals surface area (Å²) in [6, 6.07) is 5.74. The highest BCUT2D eigenvalue weighted by molar-refractivity contribution is 7.09. The van der Waals surface area contributed by atoms with Crippen molar-refractivity contribution in [3.8, 4) is 17.2 Å². The summed E-state index contributed by atoms with van der Waals surface area (Å²) in [6.45, 7) is -0.0374. The SMILES string of the molecule is COc1cc(O)cc(OC)c1[C@H]1C2=CC[C@@H]3C(=O)N(Cc4cccs4)C(=O)[C@@H]3[C@@H]2C[C@@]2(Cl)C(=O)N(c3c(F)c(F)c(F)c(F)c3F)C(=O)[C@@]12Cl. The van der Waals surface area contributed by atoms with Crippen molar-refractivity contribution in [1.82, 2.24) is 4.90 Å². The average Bonchev–Trinajstić information content (AvgIpc) is 3.74. The molecule has 1 aromatic heterocycles. The van der Waals surface area contributed by atoms with Crippen LogP contribution < -0.4 is 14.4 Å². The van der Waals surface area contributed by atoms with E-state index in [4.69, 9.17) is 32.7 Å². The Kier molecular flexibility index (Phi) is 7.99. The molecule has 4 amide bonds.